The zero-order valence-corrected chi connectivity index (χ0v) is 16.3. The van der Waals surface area contributed by atoms with Gasteiger partial charge in [0.2, 0.25) is 11.8 Å². The maximum Gasteiger partial charge on any atom is 0.237 e. The highest BCUT2D eigenvalue weighted by Gasteiger charge is 2.61. The van der Waals surface area contributed by atoms with Crippen LogP contribution in [0.1, 0.15) is 47.5 Å². The van der Waals surface area contributed by atoms with E-state index in [4.69, 9.17) is 0 Å². The van der Waals surface area contributed by atoms with Crippen molar-refractivity contribution in [2.75, 3.05) is 26.2 Å². The van der Waals surface area contributed by atoms with E-state index >= 15 is 0 Å². The van der Waals surface area contributed by atoms with Crippen LogP contribution in [0, 0.1) is 17.3 Å². The molecule has 140 valence electrons. The molecule has 0 spiro atoms. The average Bonchev–Trinajstić information content (AvgIpc) is 3.45. The van der Waals surface area contributed by atoms with Gasteiger partial charge in [0.1, 0.15) is 0 Å². The fourth-order valence-electron chi connectivity index (χ4n) is 4.06. The SMILES string of the molecule is CC(C)=CC1C(C(=O)N2CCN(C(C)C(=O)NC3CC3)CC2)C1(C)C. The highest BCUT2D eigenvalue weighted by atomic mass is 16.2. The van der Waals surface area contributed by atoms with Gasteiger partial charge in [0, 0.05) is 32.2 Å². The first-order valence-corrected chi connectivity index (χ1v) is 9.70. The minimum atomic E-state index is -0.103. The monoisotopic (exact) mass is 347 g/mol. The van der Waals surface area contributed by atoms with Crippen molar-refractivity contribution in [3.63, 3.8) is 0 Å². The number of carbonyl (C=O) groups excluding carboxylic acids is 2. The van der Waals surface area contributed by atoms with Crippen LogP contribution in [0.5, 0.6) is 0 Å². The maximum absolute atomic E-state index is 12.9. The minimum Gasteiger partial charge on any atom is -0.352 e. The van der Waals surface area contributed by atoms with Gasteiger partial charge in [-0.2, -0.15) is 0 Å². The fourth-order valence-corrected chi connectivity index (χ4v) is 4.06. The molecular formula is C20H33N3O2. The maximum atomic E-state index is 12.9. The quantitative estimate of drug-likeness (QED) is 0.774. The Balaban J connectivity index is 1.51. The molecule has 0 aromatic rings. The van der Waals surface area contributed by atoms with Crippen LogP contribution in [0.25, 0.3) is 0 Å². The highest BCUT2D eigenvalue weighted by Crippen LogP contribution is 2.60. The van der Waals surface area contributed by atoms with Crippen molar-refractivity contribution in [2.45, 2.75) is 59.5 Å². The van der Waals surface area contributed by atoms with Gasteiger partial charge in [-0.15, -0.1) is 0 Å². The van der Waals surface area contributed by atoms with Crippen LogP contribution in [-0.2, 0) is 9.59 Å². The summed E-state index contributed by atoms with van der Waals surface area (Å²) in [6.45, 7) is 13.6. The third kappa shape index (κ3) is 3.91. The lowest BCUT2D eigenvalue weighted by atomic mass is 10.1. The van der Waals surface area contributed by atoms with Crippen LogP contribution in [0.15, 0.2) is 11.6 Å². The molecule has 1 heterocycles. The van der Waals surface area contributed by atoms with Crippen molar-refractivity contribution in [1.29, 1.82) is 0 Å². The first-order chi connectivity index (χ1) is 11.7. The lowest BCUT2D eigenvalue weighted by Gasteiger charge is -2.37. The van der Waals surface area contributed by atoms with Gasteiger partial charge in [-0.1, -0.05) is 25.5 Å². The summed E-state index contributed by atoms with van der Waals surface area (Å²) in [5.74, 6) is 0.910. The summed E-state index contributed by atoms with van der Waals surface area (Å²) in [7, 11) is 0. The molecular weight excluding hydrogens is 314 g/mol. The molecule has 1 N–H and O–H groups in total. The molecule has 25 heavy (non-hydrogen) atoms. The number of amides is 2. The predicted molar refractivity (Wildman–Crippen MR) is 99.0 cm³/mol. The van der Waals surface area contributed by atoms with Crippen LogP contribution in [-0.4, -0.2) is 59.9 Å². The second-order valence-corrected chi connectivity index (χ2v) is 8.89. The van der Waals surface area contributed by atoms with Crippen molar-refractivity contribution < 1.29 is 9.59 Å². The summed E-state index contributed by atoms with van der Waals surface area (Å²) in [6, 6.07) is 0.301. The predicted octanol–water partition coefficient (Wildman–Crippen LogP) is 2.04. The van der Waals surface area contributed by atoms with Gasteiger partial charge in [-0.25, -0.2) is 0 Å². The molecule has 3 unspecified atom stereocenters. The number of hydrogen-bond acceptors (Lipinski definition) is 3. The molecule has 5 heteroatoms. The molecule has 0 aromatic carbocycles. The van der Waals surface area contributed by atoms with Gasteiger partial charge in [0.15, 0.2) is 0 Å². The number of rotatable bonds is 5. The summed E-state index contributed by atoms with van der Waals surface area (Å²) in [6.07, 6.45) is 4.48. The summed E-state index contributed by atoms with van der Waals surface area (Å²) < 4.78 is 0. The second-order valence-electron chi connectivity index (χ2n) is 8.89. The van der Waals surface area contributed by atoms with Crippen molar-refractivity contribution in [3.05, 3.63) is 11.6 Å². The Hall–Kier alpha value is -1.36. The van der Waals surface area contributed by atoms with Gasteiger partial charge >= 0.3 is 0 Å². The van der Waals surface area contributed by atoms with E-state index in [9.17, 15) is 9.59 Å². The summed E-state index contributed by atoms with van der Waals surface area (Å²) in [5.41, 5.74) is 1.36. The van der Waals surface area contributed by atoms with Gasteiger partial charge in [-0.3, -0.25) is 14.5 Å². The minimum absolute atomic E-state index is 0.0724. The number of allylic oxidation sites excluding steroid dienone is 2. The van der Waals surface area contributed by atoms with Crippen molar-refractivity contribution >= 4 is 11.8 Å². The third-order valence-electron chi connectivity index (χ3n) is 6.17. The Morgan fingerprint density at radius 2 is 1.72 bits per heavy atom. The van der Waals surface area contributed by atoms with E-state index in [1.165, 1.54) is 5.57 Å². The van der Waals surface area contributed by atoms with E-state index in [0.717, 1.165) is 39.0 Å². The summed E-state index contributed by atoms with van der Waals surface area (Å²) >= 11 is 0. The number of hydrogen-bond donors (Lipinski definition) is 1. The van der Waals surface area contributed by atoms with Gasteiger partial charge in [0.05, 0.1) is 12.0 Å². The van der Waals surface area contributed by atoms with E-state index < -0.39 is 0 Å². The number of carbonyl (C=O) groups is 2. The largest absolute Gasteiger partial charge is 0.352 e. The van der Waals surface area contributed by atoms with Gasteiger partial charge < -0.3 is 10.2 Å². The lowest BCUT2D eigenvalue weighted by Crippen LogP contribution is -2.55. The average molecular weight is 348 g/mol. The first kappa shape index (κ1) is 18.4. The third-order valence-corrected chi connectivity index (χ3v) is 6.17. The Bertz CT molecular complexity index is 567. The van der Waals surface area contributed by atoms with Crippen molar-refractivity contribution in [1.82, 2.24) is 15.1 Å². The Morgan fingerprint density at radius 1 is 1.12 bits per heavy atom. The van der Waals surface area contributed by atoms with E-state index in [1.807, 2.05) is 11.8 Å². The van der Waals surface area contributed by atoms with E-state index in [-0.39, 0.29) is 23.3 Å². The molecule has 2 saturated carbocycles. The smallest absolute Gasteiger partial charge is 0.237 e. The number of piperazine rings is 1. The van der Waals surface area contributed by atoms with Crippen LogP contribution >= 0.6 is 0 Å². The molecule has 0 bridgehead atoms. The van der Waals surface area contributed by atoms with Crippen molar-refractivity contribution in [2.24, 2.45) is 17.3 Å². The molecule has 3 rings (SSSR count). The normalized spacial score (nSPS) is 29.7. The molecule has 5 nitrogen and oxygen atoms in total. The summed E-state index contributed by atoms with van der Waals surface area (Å²) in [5, 5.41) is 3.08. The van der Waals surface area contributed by atoms with Gasteiger partial charge in [0.25, 0.3) is 0 Å². The standard InChI is InChI=1S/C20H33N3O2/c1-13(2)12-16-17(20(16,4)5)19(25)23-10-8-22(9-11-23)14(3)18(24)21-15-6-7-15/h12,14-17H,6-11H2,1-5H3,(H,21,24). The zero-order valence-electron chi connectivity index (χ0n) is 16.3. The zero-order chi connectivity index (χ0) is 18.4. The molecule has 3 atom stereocenters. The van der Waals surface area contributed by atoms with Crippen LogP contribution in [0.2, 0.25) is 0 Å². The fraction of sp³-hybridized carbons (Fsp3) is 0.800. The molecule has 3 aliphatic rings. The molecule has 0 aromatic heterocycles. The van der Waals surface area contributed by atoms with Crippen molar-refractivity contribution in [3.8, 4) is 0 Å². The van der Waals surface area contributed by atoms with E-state index in [2.05, 4.69) is 44.0 Å². The Labute approximate surface area is 151 Å². The van der Waals surface area contributed by atoms with E-state index in [0.29, 0.717) is 17.9 Å². The first-order valence-electron chi connectivity index (χ1n) is 9.70. The Morgan fingerprint density at radius 3 is 2.24 bits per heavy atom. The van der Waals surface area contributed by atoms with Gasteiger partial charge in [-0.05, 0) is 44.9 Å². The Kier molecular flexibility index (Phi) is 4.97. The molecule has 3 fully saturated rings. The number of nitrogens with zero attached hydrogens (tertiary/aromatic N) is 2. The molecule has 1 aliphatic heterocycles. The van der Waals surface area contributed by atoms with E-state index in [1.54, 1.807) is 0 Å². The highest BCUT2D eigenvalue weighted by molar-refractivity contribution is 5.84. The lowest BCUT2D eigenvalue weighted by molar-refractivity contribution is -0.136. The number of nitrogens with one attached hydrogen (secondary N) is 1. The summed E-state index contributed by atoms with van der Waals surface area (Å²) in [4.78, 5) is 29.4. The molecule has 1 saturated heterocycles. The van der Waals surface area contributed by atoms with Crippen LogP contribution in [0.4, 0.5) is 0 Å². The van der Waals surface area contributed by atoms with Crippen LogP contribution in [0.3, 0.4) is 0 Å². The molecule has 2 aliphatic carbocycles. The topological polar surface area (TPSA) is 52.7 Å². The second kappa shape index (κ2) is 6.75. The van der Waals surface area contributed by atoms with Crippen LogP contribution < -0.4 is 5.32 Å². The molecule has 0 radical (unpaired) electrons. The molecule has 2 amide bonds.